The van der Waals surface area contributed by atoms with E-state index in [0.29, 0.717) is 6.42 Å². The maximum Gasteiger partial charge on any atom is 0.330 e. The number of aliphatic hydroxyl groups is 2. The van der Waals surface area contributed by atoms with Crippen LogP contribution in [0.15, 0.2) is 48.5 Å². The van der Waals surface area contributed by atoms with Crippen molar-refractivity contribution >= 4 is 33.9 Å². The molecule has 0 saturated carbocycles. The van der Waals surface area contributed by atoms with Gasteiger partial charge in [-0.3, -0.25) is 0 Å². The van der Waals surface area contributed by atoms with Crippen molar-refractivity contribution in [3.8, 4) is 0 Å². The van der Waals surface area contributed by atoms with Crippen LogP contribution in [0.5, 0.6) is 0 Å². The average molecular weight is 367 g/mol. The Bertz CT molecular complexity index is 1020. The molecule has 3 atom stereocenters. The number of carbonyl (C=O) groups excluding carboxylic acids is 1. The SMILES string of the molecule is COC(=O)/C=C/c1ccc2c(c1)c1ccccc1n2[C@H]1C[C@H](O)[C@@H](CO)O1. The second-order valence-electron chi connectivity index (χ2n) is 6.64. The molecule has 1 aromatic heterocycles. The van der Waals surface area contributed by atoms with Crippen molar-refractivity contribution in [2.24, 2.45) is 0 Å². The maximum atomic E-state index is 11.4. The fourth-order valence-corrected chi connectivity index (χ4v) is 3.70. The summed E-state index contributed by atoms with van der Waals surface area (Å²) >= 11 is 0. The first kappa shape index (κ1) is 17.7. The number of nitrogens with zero attached hydrogens (tertiary/aromatic N) is 1. The number of hydrogen-bond acceptors (Lipinski definition) is 5. The van der Waals surface area contributed by atoms with E-state index in [1.54, 1.807) is 6.08 Å². The Kier molecular flexibility index (Phi) is 4.70. The van der Waals surface area contributed by atoms with Crippen molar-refractivity contribution in [1.29, 1.82) is 0 Å². The van der Waals surface area contributed by atoms with Crippen LogP contribution in [-0.2, 0) is 14.3 Å². The molecule has 1 aliphatic heterocycles. The minimum atomic E-state index is -0.696. The van der Waals surface area contributed by atoms with Gasteiger partial charge < -0.3 is 24.3 Å². The topological polar surface area (TPSA) is 80.9 Å². The third kappa shape index (κ3) is 3.12. The lowest BCUT2D eigenvalue weighted by atomic mass is 10.1. The van der Waals surface area contributed by atoms with Crippen LogP contribution in [0, 0.1) is 0 Å². The molecular formula is C21H21NO5. The molecule has 6 heteroatoms. The summed E-state index contributed by atoms with van der Waals surface area (Å²) in [5.74, 6) is -0.402. The van der Waals surface area contributed by atoms with Gasteiger partial charge in [0.2, 0.25) is 0 Å². The van der Waals surface area contributed by atoms with Gasteiger partial charge in [-0.15, -0.1) is 0 Å². The number of para-hydroxylation sites is 1. The van der Waals surface area contributed by atoms with Gasteiger partial charge >= 0.3 is 5.97 Å². The van der Waals surface area contributed by atoms with E-state index in [0.717, 1.165) is 27.4 Å². The summed E-state index contributed by atoms with van der Waals surface area (Å²) in [4.78, 5) is 11.4. The Morgan fingerprint density at radius 3 is 2.78 bits per heavy atom. The molecule has 0 spiro atoms. The molecule has 0 radical (unpaired) electrons. The smallest absolute Gasteiger partial charge is 0.330 e. The number of rotatable bonds is 4. The first-order valence-electron chi connectivity index (χ1n) is 8.85. The summed E-state index contributed by atoms with van der Waals surface area (Å²) in [5, 5.41) is 21.6. The maximum absolute atomic E-state index is 11.4. The van der Waals surface area contributed by atoms with Crippen LogP contribution in [0.1, 0.15) is 18.2 Å². The number of carbonyl (C=O) groups is 1. The lowest BCUT2D eigenvalue weighted by Gasteiger charge is -2.16. The molecule has 1 aliphatic rings. The Labute approximate surface area is 156 Å². The summed E-state index contributed by atoms with van der Waals surface area (Å²) in [6.45, 7) is -0.211. The molecule has 2 heterocycles. The van der Waals surface area contributed by atoms with Gasteiger partial charge in [-0.2, -0.15) is 0 Å². The van der Waals surface area contributed by atoms with Gasteiger partial charge in [0, 0.05) is 23.3 Å². The van der Waals surface area contributed by atoms with Crippen LogP contribution in [-0.4, -0.2) is 46.7 Å². The van der Waals surface area contributed by atoms with E-state index in [1.807, 2.05) is 42.5 Å². The lowest BCUT2D eigenvalue weighted by molar-refractivity contribution is -0.134. The highest BCUT2D eigenvalue weighted by atomic mass is 16.5. The van der Waals surface area contributed by atoms with Gasteiger partial charge in [0.1, 0.15) is 12.3 Å². The number of benzene rings is 2. The fourth-order valence-electron chi connectivity index (χ4n) is 3.70. The van der Waals surface area contributed by atoms with E-state index in [1.165, 1.54) is 13.2 Å². The Balaban J connectivity index is 1.84. The van der Waals surface area contributed by atoms with Gasteiger partial charge in [0.25, 0.3) is 0 Å². The number of fused-ring (bicyclic) bond motifs is 3. The number of esters is 1. The van der Waals surface area contributed by atoms with Crippen LogP contribution < -0.4 is 0 Å². The molecule has 0 bridgehead atoms. The van der Waals surface area contributed by atoms with Crippen molar-refractivity contribution < 1.29 is 24.5 Å². The van der Waals surface area contributed by atoms with E-state index < -0.39 is 18.2 Å². The molecule has 4 rings (SSSR count). The second-order valence-corrected chi connectivity index (χ2v) is 6.64. The van der Waals surface area contributed by atoms with Crippen molar-refractivity contribution in [2.75, 3.05) is 13.7 Å². The zero-order valence-corrected chi connectivity index (χ0v) is 14.9. The minimum absolute atomic E-state index is 0.211. The largest absolute Gasteiger partial charge is 0.466 e. The first-order chi connectivity index (χ1) is 13.1. The van der Waals surface area contributed by atoms with Crippen LogP contribution >= 0.6 is 0 Å². The summed E-state index contributed by atoms with van der Waals surface area (Å²) in [7, 11) is 1.35. The highest BCUT2D eigenvalue weighted by Gasteiger charge is 2.35. The van der Waals surface area contributed by atoms with E-state index in [-0.39, 0.29) is 12.8 Å². The molecule has 0 aliphatic carbocycles. The van der Waals surface area contributed by atoms with Gasteiger partial charge in [0.05, 0.1) is 30.9 Å². The molecule has 6 nitrogen and oxygen atoms in total. The second kappa shape index (κ2) is 7.15. The van der Waals surface area contributed by atoms with Crippen molar-refractivity contribution in [3.05, 3.63) is 54.1 Å². The van der Waals surface area contributed by atoms with E-state index in [9.17, 15) is 15.0 Å². The minimum Gasteiger partial charge on any atom is -0.466 e. The first-order valence-corrected chi connectivity index (χ1v) is 8.85. The normalized spacial score (nSPS) is 22.9. The predicted molar refractivity (Wildman–Crippen MR) is 102 cm³/mol. The third-order valence-electron chi connectivity index (χ3n) is 5.02. The molecule has 2 N–H and O–H groups in total. The van der Waals surface area contributed by atoms with Gasteiger partial charge in [-0.05, 0) is 29.8 Å². The Morgan fingerprint density at radius 1 is 1.26 bits per heavy atom. The van der Waals surface area contributed by atoms with Crippen molar-refractivity contribution in [3.63, 3.8) is 0 Å². The molecular weight excluding hydrogens is 346 g/mol. The molecule has 1 fully saturated rings. The van der Waals surface area contributed by atoms with Gasteiger partial charge in [0.15, 0.2) is 0 Å². The van der Waals surface area contributed by atoms with Crippen LogP contribution in [0.3, 0.4) is 0 Å². The molecule has 27 heavy (non-hydrogen) atoms. The molecule has 0 unspecified atom stereocenters. The van der Waals surface area contributed by atoms with Gasteiger partial charge in [-0.25, -0.2) is 4.79 Å². The summed E-state index contributed by atoms with van der Waals surface area (Å²) < 4.78 is 12.6. The monoisotopic (exact) mass is 367 g/mol. The zero-order chi connectivity index (χ0) is 19.0. The van der Waals surface area contributed by atoms with Gasteiger partial charge in [-0.1, -0.05) is 24.3 Å². The highest BCUT2D eigenvalue weighted by Crippen LogP contribution is 2.38. The number of aromatic nitrogens is 1. The highest BCUT2D eigenvalue weighted by molar-refractivity contribution is 6.08. The zero-order valence-electron chi connectivity index (χ0n) is 14.9. The van der Waals surface area contributed by atoms with E-state index in [2.05, 4.69) is 9.30 Å². The predicted octanol–water partition coefficient (Wildman–Crippen LogP) is 2.62. The number of hydrogen-bond donors (Lipinski definition) is 2. The standard InChI is InChI=1S/C21H21NO5/c1-26-21(25)9-7-13-6-8-17-15(10-13)14-4-2-3-5-16(14)22(17)20-11-18(24)19(12-23)27-20/h2-10,18-20,23-24H,11-12H2,1H3/b9-7+/t18-,19+,20+/m0/s1. The van der Waals surface area contributed by atoms with Crippen LogP contribution in [0.2, 0.25) is 0 Å². The molecule has 2 aromatic carbocycles. The lowest BCUT2D eigenvalue weighted by Crippen LogP contribution is -2.24. The van der Waals surface area contributed by atoms with E-state index >= 15 is 0 Å². The average Bonchev–Trinajstić information content (AvgIpc) is 3.22. The fraction of sp³-hybridized carbons (Fsp3) is 0.286. The van der Waals surface area contributed by atoms with Crippen molar-refractivity contribution in [2.45, 2.75) is 24.9 Å². The molecule has 140 valence electrons. The molecule has 0 amide bonds. The third-order valence-corrected chi connectivity index (χ3v) is 5.02. The van der Waals surface area contributed by atoms with Crippen molar-refractivity contribution in [1.82, 2.24) is 4.57 Å². The summed E-state index contributed by atoms with van der Waals surface area (Å²) in [6, 6.07) is 13.9. The Morgan fingerprint density at radius 2 is 2.04 bits per heavy atom. The summed E-state index contributed by atoms with van der Waals surface area (Å²) in [5.41, 5.74) is 2.86. The molecule has 1 saturated heterocycles. The number of methoxy groups -OCH3 is 1. The molecule has 3 aromatic rings. The van der Waals surface area contributed by atoms with E-state index in [4.69, 9.17) is 4.74 Å². The summed E-state index contributed by atoms with van der Waals surface area (Å²) in [6.07, 6.45) is 1.91. The van der Waals surface area contributed by atoms with Crippen LogP contribution in [0.25, 0.3) is 27.9 Å². The van der Waals surface area contributed by atoms with Crippen LogP contribution in [0.4, 0.5) is 0 Å². The number of aliphatic hydroxyl groups excluding tert-OH is 2. The Hall–Kier alpha value is -2.67. The quantitative estimate of drug-likeness (QED) is 0.547. The number of ether oxygens (including phenoxy) is 2.